The minimum absolute atomic E-state index is 0.906. The molecule has 0 unspecified atom stereocenters. The third-order valence-electron chi connectivity index (χ3n) is 1.01. The van der Waals surface area contributed by atoms with Crippen LogP contribution in [0.2, 0.25) is 0 Å². The highest BCUT2D eigenvalue weighted by molar-refractivity contribution is 5.56. The van der Waals surface area contributed by atoms with Crippen molar-refractivity contribution in [3.8, 4) is 0 Å². The van der Waals surface area contributed by atoms with E-state index >= 15 is 0 Å². The largest absolute Gasteiger partial charge is 0.297 e. The normalized spacial score (nSPS) is 10.3. The standard InChI is InChI=1S/C8H15N/c1-3-5-7-9-8-6-4-2/h3,8H,1,4-7H2,2H3/b9-8-. The molecule has 0 aliphatic heterocycles. The van der Waals surface area contributed by atoms with Gasteiger partial charge in [0, 0.05) is 6.54 Å². The zero-order chi connectivity index (χ0) is 6.95. The van der Waals surface area contributed by atoms with E-state index in [1.165, 1.54) is 6.42 Å². The molecule has 9 heavy (non-hydrogen) atoms. The summed E-state index contributed by atoms with van der Waals surface area (Å²) in [5.74, 6) is 0. The highest BCUT2D eigenvalue weighted by Crippen LogP contribution is 1.83. The molecule has 0 fully saturated rings. The molecule has 0 bridgehead atoms. The van der Waals surface area contributed by atoms with Gasteiger partial charge >= 0.3 is 0 Å². The Balaban J connectivity index is 2.94. The zero-order valence-electron chi connectivity index (χ0n) is 6.14. The highest BCUT2D eigenvalue weighted by atomic mass is 14.7. The van der Waals surface area contributed by atoms with Crippen molar-refractivity contribution < 1.29 is 0 Å². The second-order valence-corrected chi connectivity index (χ2v) is 1.95. The molecule has 0 spiro atoms. The van der Waals surface area contributed by atoms with Gasteiger partial charge in [-0.15, -0.1) is 6.58 Å². The first-order valence-electron chi connectivity index (χ1n) is 3.51. The smallest absolute Gasteiger partial charge is 0.0419 e. The molecule has 0 aliphatic carbocycles. The summed E-state index contributed by atoms with van der Waals surface area (Å²) in [4.78, 5) is 4.15. The van der Waals surface area contributed by atoms with Crippen LogP contribution in [0.1, 0.15) is 26.2 Å². The average Bonchev–Trinajstić information content (AvgIpc) is 1.89. The number of nitrogens with zero attached hydrogens (tertiary/aromatic N) is 1. The Kier molecular flexibility index (Phi) is 6.92. The van der Waals surface area contributed by atoms with Crippen molar-refractivity contribution in [1.82, 2.24) is 0 Å². The fourth-order valence-electron chi connectivity index (χ4n) is 0.477. The lowest BCUT2D eigenvalue weighted by Crippen LogP contribution is -1.78. The molecule has 0 saturated carbocycles. The lowest BCUT2D eigenvalue weighted by atomic mass is 10.4. The van der Waals surface area contributed by atoms with E-state index < -0.39 is 0 Å². The summed E-state index contributed by atoms with van der Waals surface area (Å²) < 4.78 is 0. The van der Waals surface area contributed by atoms with Gasteiger partial charge in [0.05, 0.1) is 0 Å². The van der Waals surface area contributed by atoms with Crippen LogP contribution in [0.4, 0.5) is 0 Å². The summed E-state index contributed by atoms with van der Waals surface area (Å²) in [6.45, 7) is 6.66. The lowest BCUT2D eigenvalue weighted by Gasteiger charge is -1.85. The van der Waals surface area contributed by atoms with Crippen LogP contribution in [0.25, 0.3) is 0 Å². The van der Waals surface area contributed by atoms with Crippen LogP contribution in [0.5, 0.6) is 0 Å². The molecule has 0 amide bonds. The van der Waals surface area contributed by atoms with Crippen molar-refractivity contribution in [2.45, 2.75) is 26.2 Å². The second kappa shape index (κ2) is 7.41. The Morgan fingerprint density at radius 3 is 2.78 bits per heavy atom. The molecule has 0 aromatic carbocycles. The summed E-state index contributed by atoms with van der Waals surface area (Å²) in [6, 6.07) is 0. The molecule has 1 heteroatoms. The molecular formula is C8H15N. The quantitative estimate of drug-likeness (QED) is 0.304. The molecule has 52 valence electrons. The van der Waals surface area contributed by atoms with E-state index in [4.69, 9.17) is 0 Å². The van der Waals surface area contributed by atoms with Crippen LogP contribution in [-0.4, -0.2) is 12.8 Å². The number of unbranched alkanes of at least 4 members (excludes halogenated alkanes) is 1. The van der Waals surface area contributed by atoms with Gasteiger partial charge in [0.15, 0.2) is 0 Å². The third-order valence-corrected chi connectivity index (χ3v) is 1.01. The molecule has 0 atom stereocenters. The van der Waals surface area contributed by atoms with E-state index in [-0.39, 0.29) is 0 Å². The van der Waals surface area contributed by atoms with Gasteiger partial charge in [-0.1, -0.05) is 19.4 Å². The second-order valence-electron chi connectivity index (χ2n) is 1.95. The molecule has 0 aromatic heterocycles. The minimum Gasteiger partial charge on any atom is -0.297 e. The molecular weight excluding hydrogens is 110 g/mol. The van der Waals surface area contributed by atoms with Crippen LogP contribution in [-0.2, 0) is 0 Å². The van der Waals surface area contributed by atoms with Gasteiger partial charge in [-0.3, -0.25) is 4.99 Å². The van der Waals surface area contributed by atoms with E-state index in [9.17, 15) is 0 Å². The van der Waals surface area contributed by atoms with E-state index in [0.717, 1.165) is 19.4 Å². The minimum atomic E-state index is 0.906. The summed E-state index contributed by atoms with van der Waals surface area (Å²) in [7, 11) is 0. The number of hydrogen-bond donors (Lipinski definition) is 0. The molecule has 1 nitrogen and oxygen atoms in total. The number of hydrogen-bond acceptors (Lipinski definition) is 1. The summed E-state index contributed by atoms with van der Waals surface area (Å²) >= 11 is 0. The molecule has 0 N–H and O–H groups in total. The van der Waals surface area contributed by atoms with Gasteiger partial charge in [-0.2, -0.15) is 0 Å². The average molecular weight is 125 g/mol. The van der Waals surface area contributed by atoms with Crippen LogP contribution >= 0.6 is 0 Å². The fraction of sp³-hybridized carbons (Fsp3) is 0.625. The van der Waals surface area contributed by atoms with Gasteiger partial charge in [-0.25, -0.2) is 0 Å². The van der Waals surface area contributed by atoms with Crippen molar-refractivity contribution in [3.05, 3.63) is 12.7 Å². The van der Waals surface area contributed by atoms with Crippen molar-refractivity contribution in [2.75, 3.05) is 6.54 Å². The summed E-state index contributed by atoms with van der Waals surface area (Å²) in [6.07, 6.45) is 7.18. The van der Waals surface area contributed by atoms with Crippen LogP contribution in [0.15, 0.2) is 17.6 Å². The molecule has 0 aliphatic rings. The maximum atomic E-state index is 4.15. The van der Waals surface area contributed by atoms with Crippen molar-refractivity contribution in [2.24, 2.45) is 4.99 Å². The van der Waals surface area contributed by atoms with E-state index in [1.54, 1.807) is 0 Å². The Hall–Kier alpha value is -0.590. The van der Waals surface area contributed by atoms with Gasteiger partial charge in [0.1, 0.15) is 0 Å². The van der Waals surface area contributed by atoms with Gasteiger partial charge in [-0.05, 0) is 19.1 Å². The van der Waals surface area contributed by atoms with Crippen molar-refractivity contribution >= 4 is 6.21 Å². The summed E-state index contributed by atoms with van der Waals surface area (Å²) in [5.41, 5.74) is 0. The molecule has 0 heterocycles. The Labute approximate surface area is 57.5 Å². The predicted molar refractivity (Wildman–Crippen MR) is 43.1 cm³/mol. The maximum Gasteiger partial charge on any atom is 0.0419 e. The molecule has 0 aromatic rings. The predicted octanol–water partition coefficient (Wildman–Crippen LogP) is 2.43. The highest BCUT2D eigenvalue weighted by Gasteiger charge is 1.74. The first-order valence-corrected chi connectivity index (χ1v) is 3.51. The van der Waals surface area contributed by atoms with Crippen LogP contribution in [0, 0.1) is 0 Å². The van der Waals surface area contributed by atoms with E-state index in [0.29, 0.717) is 0 Å². The number of aliphatic imine (C=N–C) groups is 1. The summed E-state index contributed by atoms with van der Waals surface area (Å²) in [5, 5.41) is 0. The van der Waals surface area contributed by atoms with Crippen LogP contribution in [0.3, 0.4) is 0 Å². The first kappa shape index (κ1) is 8.41. The SMILES string of the molecule is C=CCC/N=C\CCC. The molecule has 0 rings (SSSR count). The van der Waals surface area contributed by atoms with Crippen LogP contribution < -0.4 is 0 Å². The van der Waals surface area contributed by atoms with E-state index in [1.807, 2.05) is 12.3 Å². The molecule has 0 saturated heterocycles. The first-order chi connectivity index (χ1) is 4.41. The maximum absolute atomic E-state index is 4.15. The van der Waals surface area contributed by atoms with Crippen molar-refractivity contribution in [1.29, 1.82) is 0 Å². The van der Waals surface area contributed by atoms with Crippen molar-refractivity contribution in [3.63, 3.8) is 0 Å². The number of rotatable bonds is 5. The van der Waals surface area contributed by atoms with Gasteiger partial charge in [0.25, 0.3) is 0 Å². The third kappa shape index (κ3) is 7.41. The Morgan fingerprint density at radius 1 is 1.44 bits per heavy atom. The fourth-order valence-corrected chi connectivity index (χ4v) is 0.477. The monoisotopic (exact) mass is 125 g/mol. The Morgan fingerprint density at radius 2 is 2.22 bits per heavy atom. The molecule has 0 radical (unpaired) electrons. The zero-order valence-corrected chi connectivity index (χ0v) is 6.14. The Bertz CT molecular complexity index is 84.6. The lowest BCUT2D eigenvalue weighted by molar-refractivity contribution is 0.970. The van der Waals surface area contributed by atoms with Gasteiger partial charge in [0.2, 0.25) is 0 Å². The van der Waals surface area contributed by atoms with E-state index in [2.05, 4.69) is 18.5 Å². The topological polar surface area (TPSA) is 12.4 Å². The van der Waals surface area contributed by atoms with Gasteiger partial charge < -0.3 is 0 Å².